The first-order valence-electron chi connectivity index (χ1n) is 32.2. The van der Waals surface area contributed by atoms with Gasteiger partial charge in [-0.05, 0) is 125 Å². The number of amides is 3. The number of carbonyl (C=O) groups excluding carboxylic acids is 5. The molecule has 98 heavy (non-hydrogen) atoms. The second kappa shape index (κ2) is 29.8. The number of thiophene rings is 4. The average molecular weight is 1490 g/mol. The van der Waals surface area contributed by atoms with E-state index >= 15 is 0 Å². The van der Waals surface area contributed by atoms with Crippen molar-refractivity contribution in [2.45, 2.75) is 151 Å². The van der Waals surface area contributed by atoms with Gasteiger partial charge in [0.1, 0.15) is 46.4 Å². The molecular weight excluding hydrogens is 1410 g/mol. The van der Waals surface area contributed by atoms with Gasteiger partial charge in [0.15, 0.2) is 0 Å². The van der Waals surface area contributed by atoms with Crippen LogP contribution in [0.2, 0.25) is 0 Å². The van der Waals surface area contributed by atoms with Crippen LogP contribution >= 0.6 is 91.8 Å². The lowest BCUT2D eigenvalue weighted by Gasteiger charge is -2.25. The van der Waals surface area contributed by atoms with E-state index in [0.717, 1.165) is 91.3 Å². The molecule has 4 aliphatic rings. The van der Waals surface area contributed by atoms with E-state index in [1.54, 1.807) is 72.2 Å². The molecule has 3 amide bonds. The maximum Gasteiger partial charge on any atom is 0.414 e. The monoisotopic (exact) mass is 1490 g/mol. The van der Waals surface area contributed by atoms with Crippen LogP contribution in [0, 0.1) is 27.7 Å². The molecule has 5 aromatic carbocycles. The Bertz CT molecular complexity index is 4530. The summed E-state index contributed by atoms with van der Waals surface area (Å²) in [4.78, 5) is 70.5. The minimum Gasteiger partial charge on any atom is -0.507 e. The Morgan fingerprint density at radius 1 is 0.480 bits per heavy atom. The molecule has 0 aliphatic carbocycles. The number of phenolic OH excluding ortho intramolecular Hbond substituents is 1. The minimum atomic E-state index is -0.599. The number of nitrogens with one attached hydrogen (secondary N) is 1. The molecule has 24 heteroatoms. The Kier molecular flexibility index (Phi) is 22.5. The fraction of sp³-hybridized carbons (Fsp3) is 0.419. The summed E-state index contributed by atoms with van der Waals surface area (Å²) in [5.41, 5.74) is 7.10. The van der Waals surface area contributed by atoms with E-state index in [4.69, 9.17) is 74.8 Å². The van der Waals surface area contributed by atoms with E-state index < -0.39 is 35.0 Å². The normalized spacial score (nSPS) is 16.8. The summed E-state index contributed by atoms with van der Waals surface area (Å²) in [5, 5.41) is 17.5. The number of fused-ring (bicyclic) bond motifs is 12. The molecule has 4 atom stereocenters. The highest BCUT2D eigenvalue weighted by atomic mass is 35.5. The molecule has 13 rings (SSSR count). The summed E-state index contributed by atoms with van der Waals surface area (Å²) in [6.07, 6.45) is -1.18. The van der Waals surface area contributed by atoms with Crippen molar-refractivity contribution in [1.82, 2.24) is 0 Å². The maximum absolute atomic E-state index is 12.9. The number of phenols is 1. The summed E-state index contributed by atoms with van der Waals surface area (Å²) in [6.45, 7) is 30.3. The van der Waals surface area contributed by atoms with Gasteiger partial charge in [-0.15, -0.1) is 91.8 Å². The number of ether oxygens (including phenoxy) is 6. The van der Waals surface area contributed by atoms with E-state index in [0.29, 0.717) is 78.6 Å². The number of rotatable bonds is 9. The highest BCUT2D eigenvalue weighted by Gasteiger charge is 2.41. The van der Waals surface area contributed by atoms with E-state index in [-0.39, 0.29) is 35.6 Å². The third-order valence-electron chi connectivity index (χ3n) is 16.3. The zero-order chi connectivity index (χ0) is 71.2. The van der Waals surface area contributed by atoms with Crippen LogP contribution in [0.3, 0.4) is 0 Å². The van der Waals surface area contributed by atoms with E-state index in [9.17, 15) is 29.1 Å². The Morgan fingerprint density at radius 3 is 1.21 bits per heavy atom. The van der Waals surface area contributed by atoms with Gasteiger partial charge in [-0.1, -0.05) is 30.3 Å². The number of carbonyl (C=O) groups is 5. The lowest BCUT2D eigenvalue weighted by Crippen LogP contribution is -2.36. The van der Waals surface area contributed by atoms with Crippen molar-refractivity contribution in [2.75, 3.05) is 69.7 Å². The lowest BCUT2D eigenvalue weighted by molar-refractivity contribution is -0.132. The Morgan fingerprint density at radius 2 is 0.827 bits per heavy atom. The van der Waals surface area contributed by atoms with Gasteiger partial charge in [0, 0.05) is 194 Å². The molecular formula is C74H82Cl4N4O12S4. The number of aryl methyl sites for hydroxylation is 4. The molecule has 0 unspecified atom stereocenters. The van der Waals surface area contributed by atoms with Crippen LogP contribution in [0.1, 0.15) is 147 Å². The number of esters is 2. The molecule has 0 radical (unpaired) electrons. The third-order valence-corrected chi connectivity index (χ3v) is 22.1. The molecule has 0 spiro atoms. The molecule has 4 aromatic heterocycles. The molecule has 522 valence electrons. The molecule has 4 aliphatic heterocycles. The number of hydrogen-bond donors (Lipinski definition) is 2. The number of anilines is 4. The molecule has 2 N–H and O–H groups in total. The third kappa shape index (κ3) is 16.3. The topological polar surface area (TPSA) is 183 Å². The van der Waals surface area contributed by atoms with Crippen LogP contribution < -0.4 is 34.2 Å². The summed E-state index contributed by atoms with van der Waals surface area (Å²) in [6, 6.07) is 25.6. The van der Waals surface area contributed by atoms with Crippen molar-refractivity contribution in [2.24, 2.45) is 0 Å². The van der Waals surface area contributed by atoms with Crippen LogP contribution in [0.4, 0.5) is 37.1 Å². The average Bonchev–Trinajstić information content (AvgIpc) is 1.60. The van der Waals surface area contributed by atoms with Gasteiger partial charge in [0.05, 0.1) is 17.1 Å². The van der Waals surface area contributed by atoms with Crippen LogP contribution in [0.5, 0.6) is 23.0 Å². The predicted molar refractivity (Wildman–Crippen MR) is 404 cm³/mol. The smallest absolute Gasteiger partial charge is 0.414 e. The van der Waals surface area contributed by atoms with Crippen LogP contribution in [0.15, 0.2) is 78.9 Å². The first-order chi connectivity index (χ1) is 46.2. The van der Waals surface area contributed by atoms with Crippen molar-refractivity contribution in [1.29, 1.82) is 0 Å². The van der Waals surface area contributed by atoms with Crippen molar-refractivity contribution < 1.29 is 57.5 Å². The molecule has 0 bridgehead atoms. The highest BCUT2D eigenvalue weighted by molar-refractivity contribution is 7.20. The number of halogens is 4. The standard InChI is InChI=1S/C24H26ClNO3S.C19H22ClNO4S.C17H20ClNO3S.C14H14ClNO2S/c1-15-10-18-20(28-14-16-8-6-5-7-9-16)11-19-21(22(18)30-15)17(12-25)13-26(19)23(27)29-24(2,3)4;1-10-6-13-15(24-11(2)22)7-14-16(17(13)26-10)12(8-20)9-21(14)18(23)25-19(3,4)5;1-9-5-11-13(20)6-12-14(15(11)23-9)10(7-18)8-19(12)16(21)22-17(2,3)4;1-7-3-10-12(18-8(2)17)4-11-13(14(10)19-7)9(5-15)6-16-11/h5-11,17H,12-14H2,1-4H3;6-7,12H,8-9H2,1-5H3;5-6,10,20H,7-8H2,1-4H3;3-4,9,16H,5-6H2,1-2H3/t17-;12-;10-;9-/m0000/s1. The number of benzene rings is 5. The van der Waals surface area contributed by atoms with Gasteiger partial charge in [0.25, 0.3) is 0 Å². The predicted octanol–water partition coefficient (Wildman–Crippen LogP) is 21.0. The molecule has 0 saturated carbocycles. The first-order valence-corrected chi connectivity index (χ1v) is 37.6. The number of nitrogens with zero attached hydrogens (tertiary/aromatic N) is 3. The van der Waals surface area contributed by atoms with Gasteiger partial charge in [-0.25, -0.2) is 14.4 Å². The number of aromatic hydroxyl groups is 1. The van der Waals surface area contributed by atoms with Crippen molar-refractivity contribution >= 4 is 185 Å². The molecule has 8 heterocycles. The van der Waals surface area contributed by atoms with E-state index in [1.807, 2.05) is 131 Å². The van der Waals surface area contributed by atoms with Crippen LogP contribution in [0.25, 0.3) is 40.3 Å². The van der Waals surface area contributed by atoms with Gasteiger partial charge in [-0.3, -0.25) is 24.3 Å². The minimum absolute atomic E-state index is 0.00566. The molecule has 0 saturated heterocycles. The van der Waals surface area contributed by atoms with E-state index in [2.05, 4.69) is 31.3 Å². The van der Waals surface area contributed by atoms with Crippen molar-refractivity contribution in [3.8, 4) is 23.0 Å². The summed E-state index contributed by atoms with van der Waals surface area (Å²) >= 11 is 31.4. The van der Waals surface area contributed by atoms with Gasteiger partial charge >= 0.3 is 30.2 Å². The second-order valence-corrected chi connectivity index (χ2v) is 34.0. The maximum atomic E-state index is 12.9. The van der Waals surface area contributed by atoms with Crippen molar-refractivity contribution in [3.05, 3.63) is 126 Å². The van der Waals surface area contributed by atoms with E-state index in [1.165, 1.54) is 33.9 Å². The zero-order valence-corrected chi connectivity index (χ0v) is 63.9. The number of hydrogen-bond acceptors (Lipinski definition) is 17. The summed E-state index contributed by atoms with van der Waals surface area (Å²) < 4.78 is 38.0. The molecule has 0 fully saturated rings. The Labute approximate surface area is 607 Å². The Balaban J connectivity index is 0.000000143. The quantitative estimate of drug-likeness (QED) is 0.0603. The fourth-order valence-corrected chi connectivity index (χ4v) is 18.1. The molecule has 9 aromatic rings. The van der Waals surface area contributed by atoms with Crippen LogP contribution in [-0.4, -0.2) is 102 Å². The molecule has 16 nitrogen and oxygen atoms in total. The zero-order valence-electron chi connectivity index (χ0n) is 57.6. The highest BCUT2D eigenvalue weighted by Crippen LogP contribution is 2.53. The van der Waals surface area contributed by atoms with Gasteiger partial charge in [0.2, 0.25) is 0 Å². The first kappa shape index (κ1) is 74.0. The van der Waals surface area contributed by atoms with Gasteiger partial charge < -0.3 is 38.8 Å². The SMILES string of the molecule is CC(=O)Oc1cc2c(c3sc(C)cc13)[C@@H](CCl)CN2.CC(=O)Oc1cc2c(c3sc(C)cc13)[C@@H](CCl)CN2C(=O)OC(C)(C)C.Cc1cc2c(O)cc3c(c2s1)[C@@H](CCl)CN3C(=O)OC(C)(C)C.Cc1cc2c(OCc3ccccc3)cc3c(c2s1)[C@@H](CCl)CN3C(=O)OC(C)(C)C. The number of alkyl halides is 4. The lowest BCUT2D eigenvalue weighted by atomic mass is 10.0. The van der Waals surface area contributed by atoms with Crippen LogP contribution in [-0.2, 0) is 30.4 Å². The summed E-state index contributed by atoms with van der Waals surface area (Å²) in [5.74, 6) is 3.66. The Hall–Kier alpha value is -6.75. The fourth-order valence-electron chi connectivity index (χ4n) is 12.5. The van der Waals surface area contributed by atoms with Crippen molar-refractivity contribution in [3.63, 3.8) is 0 Å². The largest absolute Gasteiger partial charge is 0.507 e. The second-order valence-electron chi connectivity index (χ2n) is 27.7. The van der Waals surface area contributed by atoms with Gasteiger partial charge in [-0.2, -0.15) is 0 Å². The summed E-state index contributed by atoms with van der Waals surface area (Å²) in [7, 11) is 0.